The van der Waals surface area contributed by atoms with E-state index >= 15 is 0 Å². The minimum absolute atomic E-state index is 0.0805. The van der Waals surface area contributed by atoms with Crippen LogP contribution in [0.5, 0.6) is 0 Å². The molecule has 0 N–H and O–H groups in total. The average Bonchev–Trinajstić information content (AvgIpc) is 2.59. The zero-order valence-corrected chi connectivity index (χ0v) is 15.0. The number of hydrogen-bond acceptors (Lipinski definition) is 3. The number of benzene rings is 1. The second-order valence-electron chi connectivity index (χ2n) is 5.21. The Kier molecular flexibility index (Phi) is 6.59. The van der Waals surface area contributed by atoms with Crippen molar-refractivity contribution in [3.63, 3.8) is 0 Å². The van der Waals surface area contributed by atoms with E-state index in [-0.39, 0.29) is 18.7 Å². The van der Waals surface area contributed by atoms with E-state index in [1.54, 1.807) is 17.3 Å². The van der Waals surface area contributed by atoms with Crippen LogP contribution >= 0.6 is 15.9 Å². The smallest absolute Gasteiger partial charge is 0.414 e. The van der Waals surface area contributed by atoms with Crippen LogP contribution < -0.4 is 4.90 Å². The summed E-state index contributed by atoms with van der Waals surface area (Å²) in [6.07, 6.45) is 4.74. The molecule has 0 aliphatic carbocycles. The number of carbonyl (C=O) groups is 1. The van der Waals surface area contributed by atoms with E-state index in [1.165, 1.54) is 0 Å². The fourth-order valence-electron chi connectivity index (χ4n) is 2.45. The van der Waals surface area contributed by atoms with E-state index in [1.807, 2.05) is 36.4 Å². The number of nitrogens with zero attached hydrogens (tertiary/aromatic N) is 2. The van der Waals surface area contributed by atoms with Crippen molar-refractivity contribution in [1.29, 1.82) is 0 Å². The highest BCUT2D eigenvalue weighted by Gasteiger charge is 2.26. The van der Waals surface area contributed by atoms with E-state index in [0.29, 0.717) is 0 Å². The Balaban J connectivity index is 2.20. The molecule has 23 heavy (non-hydrogen) atoms. The number of anilines is 1. The summed E-state index contributed by atoms with van der Waals surface area (Å²) in [5, 5.41) is 0. The van der Waals surface area contributed by atoms with Gasteiger partial charge in [0, 0.05) is 18.4 Å². The SMILES string of the molecule is CCC(CC)N(C(=O)OCc1ccccc1)c1ccncc1Br. The van der Waals surface area contributed by atoms with E-state index in [0.717, 1.165) is 28.6 Å². The monoisotopic (exact) mass is 376 g/mol. The maximum atomic E-state index is 12.7. The molecule has 2 aromatic rings. The van der Waals surface area contributed by atoms with Crippen molar-refractivity contribution >= 4 is 27.7 Å². The molecule has 4 nitrogen and oxygen atoms in total. The summed E-state index contributed by atoms with van der Waals surface area (Å²) in [5.74, 6) is 0. The van der Waals surface area contributed by atoms with Gasteiger partial charge in [0.15, 0.2) is 0 Å². The largest absolute Gasteiger partial charge is 0.444 e. The normalized spacial score (nSPS) is 10.6. The first-order chi connectivity index (χ1) is 11.2. The van der Waals surface area contributed by atoms with Gasteiger partial charge < -0.3 is 4.74 Å². The molecule has 0 unspecified atom stereocenters. The third-order valence-corrected chi connectivity index (χ3v) is 4.33. The molecule has 122 valence electrons. The number of rotatable bonds is 6. The lowest BCUT2D eigenvalue weighted by Crippen LogP contribution is -2.40. The number of pyridine rings is 1. The van der Waals surface area contributed by atoms with Crippen LogP contribution in [0.15, 0.2) is 53.3 Å². The maximum absolute atomic E-state index is 12.7. The summed E-state index contributed by atoms with van der Waals surface area (Å²) in [6.45, 7) is 4.40. The topological polar surface area (TPSA) is 42.4 Å². The van der Waals surface area contributed by atoms with Gasteiger partial charge in [-0.05, 0) is 40.4 Å². The molecule has 1 aromatic carbocycles. The Hall–Kier alpha value is -1.88. The molecule has 1 heterocycles. The lowest BCUT2D eigenvalue weighted by molar-refractivity contribution is 0.144. The minimum Gasteiger partial charge on any atom is -0.444 e. The first-order valence-electron chi connectivity index (χ1n) is 7.76. The molecule has 0 saturated carbocycles. The Morgan fingerprint density at radius 2 is 1.91 bits per heavy atom. The molecule has 5 heteroatoms. The molecule has 1 aromatic heterocycles. The summed E-state index contributed by atoms with van der Waals surface area (Å²) in [7, 11) is 0. The van der Waals surface area contributed by atoms with Crippen molar-refractivity contribution in [1.82, 2.24) is 4.98 Å². The van der Waals surface area contributed by atoms with Crippen molar-refractivity contribution in [2.24, 2.45) is 0 Å². The van der Waals surface area contributed by atoms with Crippen LogP contribution in [-0.2, 0) is 11.3 Å². The predicted molar refractivity (Wildman–Crippen MR) is 95.4 cm³/mol. The Labute approximate surface area is 145 Å². The van der Waals surface area contributed by atoms with Gasteiger partial charge in [-0.1, -0.05) is 44.2 Å². The van der Waals surface area contributed by atoms with Crippen LogP contribution in [0.25, 0.3) is 0 Å². The molecule has 0 fully saturated rings. The van der Waals surface area contributed by atoms with Gasteiger partial charge in [0.2, 0.25) is 0 Å². The highest BCUT2D eigenvalue weighted by molar-refractivity contribution is 9.10. The number of carbonyl (C=O) groups excluding carboxylic acids is 1. The minimum atomic E-state index is -0.338. The summed E-state index contributed by atoms with van der Waals surface area (Å²) < 4.78 is 6.31. The average molecular weight is 377 g/mol. The van der Waals surface area contributed by atoms with Gasteiger partial charge in [-0.25, -0.2) is 4.79 Å². The summed E-state index contributed by atoms with van der Waals surface area (Å²) in [6, 6.07) is 11.6. The zero-order valence-electron chi connectivity index (χ0n) is 13.4. The van der Waals surface area contributed by atoms with Gasteiger partial charge in [0.05, 0.1) is 10.2 Å². The maximum Gasteiger partial charge on any atom is 0.414 e. The molecule has 0 spiro atoms. The highest BCUT2D eigenvalue weighted by atomic mass is 79.9. The molecule has 0 radical (unpaired) electrons. The molecule has 0 bridgehead atoms. The number of ether oxygens (including phenoxy) is 1. The van der Waals surface area contributed by atoms with Gasteiger partial charge in [0.25, 0.3) is 0 Å². The zero-order chi connectivity index (χ0) is 16.7. The van der Waals surface area contributed by atoms with Crippen LogP contribution in [0.4, 0.5) is 10.5 Å². The van der Waals surface area contributed by atoms with Crippen LogP contribution in [0.1, 0.15) is 32.3 Å². The number of hydrogen-bond donors (Lipinski definition) is 0. The van der Waals surface area contributed by atoms with Crippen molar-refractivity contribution in [2.45, 2.75) is 39.3 Å². The van der Waals surface area contributed by atoms with Crippen LogP contribution in [0.2, 0.25) is 0 Å². The Morgan fingerprint density at radius 1 is 1.22 bits per heavy atom. The quantitative estimate of drug-likeness (QED) is 0.697. The van der Waals surface area contributed by atoms with Gasteiger partial charge >= 0.3 is 6.09 Å². The molecule has 1 amide bonds. The predicted octanol–water partition coefficient (Wildman–Crippen LogP) is 5.18. The molecule has 0 atom stereocenters. The Bertz CT molecular complexity index is 630. The van der Waals surface area contributed by atoms with Crippen molar-refractivity contribution in [3.05, 3.63) is 58.8 Å². The van der Waals surface area contributed by atoms with Gasteiger partial charge in [0.1, 0.15) is 6.61 Å². The second kappa shape index (κ2) is 8.67. The van der Waals surface area contributed by atoms with Gasteiger partial charge in [-0.15, -0.1) is 0 Å². The van der Waals surface area contributed by atoms with Crippen molar-refractivity contribution in [2.75, 3.05) is 4.90 Å². The molecular weight excluding hydrogens is 356 g/mol. The first kappa shape index (κ1) is 17.5. The van der Waals surface area contributed by atoms with Crippen LogP contribution in [0, 0.1) is 0 Å². The van der Waals surface area contributed by atoms with Crippen molar-refractivity contribution < 1.29 is 9.53 Å². The summed E-state index contributed by atoms with van der Waals surface area (Å²) >= 11 is 3.48. The van der Waals surface area contributed by atoms with E-state index in [2.05, 4.69) is 34.8 Å². The van der Waals surface area contributed by atoms with Crippen LogP contribution in [-0.4, -0.2) is 17.1 Å². The van der Waals surface area contributed by atoms with E-state index < -0.39 is 0 Å². The fraction of sp³-hybridized carbons (Fsp3) is 0.333. The second-order valence-corrected chi connectivity index (χ2v) is 6.06. The lowest BCUT2D eigenvalue weighted by Gasteiger charge is -2.30. The molecule has 0 aliphatic heterocycles. The third kappa shape index (κ3) is 4.55. The fourth-order valence-corrected chi connectivity index (χ4v) is 2.89. The molecular formula is C18H21BrN2O2. The van der Waals surface area contributed by atoms with Gasteiger partial charge in [-0.3, -0.25) is 9.88 Å². The molecule has 0 saturated heterocycles. The number of aromatic nitrogens is 1. The number of halogens is 1. The van der Waals surface area contributed by atoms with Gasteiger partial charge in [-0.2, -0.15) is 0 Å². The summed E-state index contributed by atoms with van der Waals surface area (Å²) in [4.78, 5) is 18.5. The highest BCUT2D eigenvalue weighted by Crippen LogP contribution is 2.29. The molecule has 0 aliphatic rings. The van der Waals surface area contributed by atoms with Crippen LogP contribution in [0.3, 0.4) is 0 Å². The first-order valence-corrected chi connectivity index (χ1v) is 8.56. The number of amides is 1. The standard InChI is InChI=1S/C18H21BrN2O2/c1-3-15(4-2)21(17-10-11-20-12-16(17)19)18(22)23-13-14-8-6-5-7-9-14/h5-12,15H,3-4,13H2,1-2H3. The Morgan fingerprint density at radius 3 is 2.52 bits per heavy atom. The van der Waals surface area contributed by atoms with E-state index in [4.69, 9.17) is 4.74 Å². The lowest BCUT2D eigenvalue weighted by atomic mass is 10.1. The third-order valence-electron chi connectivity index (χ3n) is 3.72. The summed E-state index contributed by atoms with van der Waals surface area (Å²) in [5.41, 5.74) is 1.76. The van der Waals surface area contributed by atoms with E-state index in [9.17, 15) is 4.79 Å². The van der Waals surface area contributed by atoms with Crippen molar-refractivity contribution in [3.8, 4) is 0 Å². The molecule has 2 rings (SSSR count).